The van der Waals surface area contributed by atoms with Gasteiger partial charge in [-0.15, -0.1) is 0 Å². The third-order valence-electron chi connectivity index (χ3n) is 4.93. The second kappa shape index (κ2) is 6.81. The Labute approximate surface area is 156 Å². The highest BCUT2D eigenvalue weighted by atomic mass is 79.9. The maximum atomic E-state index is 5.61. The molecule has 4 nitrogen and oxygen atoms in total. The molecule has 5 heteroatoms. The summed E-state index contributed by atoms with van der Waals surface area (Å²) in [5, 5.41) is 7.34. The topological polar surface area (TPSA) is 45.7 Å². The average Bonchev–Trinajstić information content (AvgIpc) is 2.62. The summed E-state index contributed by atoms with van der Waals surface area (Å²) in [6.45, 7) is 4.29. The Hall–Kier alpha value is -1.85. The number of nitrogens with zero attached hydrogens (tertiary/aromatic N) is 1. The van der Waals surface area contributed by atoms with E-state index < -0.39 is 0 Å². The smallest absolute Gasteiger partial charge is 0.127 e. The molecule has 0 unspecified atom stereocenters. The van der Waals surface area contributed by atoms with Gasteiger partial charge in [-0.2, -0.15) is 0 Å². The van der Waals surface area contributed by atoms with Crippen LogP contribution in [0.3, 0.4) is 0 Å². The van der Waals surface area contributed by atoms with E-state index in [4.69, 9.17) is 9.73 Å². The zero-order valence-corrected chi connectivity index (χ0v) is 15.9. The van der Waals surface area contributed by atoms with Crippen LogP contribution in [0, 0.1) is 6.92 Å². The number of para-hydroxylation sites is 1. The van der Waals surface area contributed by atoms with Gasteiger partial charge in [0.25, 0.3) is 0 Å². The van der Waals surface area contributed by atoms with Gasteiger partial charge in [0.1, 0.15) is 5.84 Å². The summed E-state index contributed by atoms with van der Waals surface area (Å²) < 4.78 is 6.68. The molecular formula is C20H22BrN3O. The Bertz CT molecular complexity index is 812. The number of amidine groups is 1. The number of rotatable bonds is 2. The molecule has 25 heavy (non-hydrogen) atoms. The van der Waals surface area contributed by atoms with Crippen LogP contribution >= 0.6 is 15.9 Å². The molecule has 2 aliphatic heterocycles. The van der Waals surface area contributed by atoms with Crippen LogP contribution in [0.5, 0.6) is 0 Å². The number of aryl methyl sites for hydroxylation is 1. The van der Waals surface area contributed by atoms with Gasteiger partial charge >= 0.3 is 0 Å². The predicted molar refractivity (Wildman–Crippen MR) is 106 cm³/mol. The van der Waals surface area contributed by atoms with Crippen molar-refractivity contribution < 1.29 is 4.74 Å². The number of anilines is 2. The minimum Gasteiger partial charge on any atom is -0.381 e. The Kier molecular flexibility index (Phi) is 4.52. The Morgan fingerprint density at radius 1 is 1.16 bits per heavy atom. The molecule has 1 saturated heterocycles. The van der Waals surface area contributed by atoms with E-state index >= 15 is 0 Å². The van der Waals surface area contributed by atoms with Crippen LogP contribution in [-0.2, 0) is 11.3 Å². The number of hydrogen-bond donors (Lipinski definition) is 2. The van der Waals surface area contributed by atoms with Crippen LogP contribution in [0.15, 0.2) is 51.9 Å². The number of nitrogens with one attached hydrogen (secondary N) is 2. The summed E-state index contributed by atoms with van der Waals surface area (Å²) in [5.74, 6) is 1.02. The molecule has 130 valence electrons. The molecule has 0 amide bonds. The van der Waals surface area contributed by atoms with Crippen molar-refractivity contribution in [3.05, 3.63) is 58.1 Å². The van der Waals surface area contributed by atoms with Gasteiger partial charge in [-0.1, -0.05) is 35.9 Å². The first-order valence-corrected chi connectivity index (χ1v) is 9.48. The fourth-order valence-electron chi connectivity index (χ4n) is 3.55. The minimum absolute atomic E-state index is 0.182. The van der Waals surface area contributed by atoms with E-state index in [1.54, 1.807) is 0 Å². The number of hydrogen-bond acceptors (Lipinski definition) is 3. The van der Waals surface area contributed by atoms with E-state index in [-0.39, 0.29) is 5.54 Å². The average molecular weight is 400 g/mol. The standard InChI is InChI=1S/C20H22BrN3O/c1-14-4-2-5-15(12-14)13-22-19-20(8-10-25-11-9-20)24-18-16(21)6-3-7-17(18)23-19/h2-7,12,24H,8-11,13H2,1H3,(H,22,23). The lowest BCUT2D eigenvalue weighted by molar-refractivity contribution is 0.0778. The molecular weight excluding hydrogens is 378 g/mol. The maximum absolute atomic E-state index is 5.61. The van der Waals surface area contributed by atoms with Gasteiger partial charge in [0.15, 0.2) is 0 Å². The van der Waals surface area contributed by atoms with E-state index in [0.29, 0.717) is 6.54 Å². The molecule has 0 radical (unpaired) electrons. The molecule has 2 heterocycles. The number of fused-ring (bicyclic) bond motifs is 1. The zero-order valence-electron chi connectivity index (χ0n) is 14.3. The number of ether oxygens (including phenoxy) is 1. The van der Waals surface area contributed by atoms with Crippen LogP contribution in [0.2, 0.25) is 0 Å². The summed E-state index contributed by atoms with van der Waals surface area (Å²) in [7, 11) is 0. The van der Waals surface area contributed by atoms with Gasteiger partial charge < -0.3 is 15.4 Å². The normalized spacial score (nSPS) is 20.0. The summed E-state index contributed by atoms with van der Waals surface area (Å²) in [5.41, 5.74) is 4.49. The maximum Gasteiger partial charge on any atom is 0.127 e. The molecule has 2 aromatic rings. The Balaban J connectivity index is 1.69. The lowest BCUT2D eigenvalue weighted by Gasteiger charge is -2.44. The lowest BCUT2D eigenvalue weighted by Crippen LogP contribution is -2.55. The monoisotopic (exact) mass is 399 g/mol. The van der Waals surface area contributed by atoms with E-state index in [0.717, 1.165) is 47.7 Å². The fraction of sp³-hybridized carbons (Fsp3) is 0.350. The molecule has 4 rings (SSSR count). The molecule has 2 aliphatic rings. The van der Waals surface area contributed by atoms with Crippen molar-refractivity contribution in [3.63, 3.8) is 0 Å². The molecule has 2 N–H and O–H groups in total. The molecule has 0 bridgehead atoms. The quantitative estimate of drug-likeness (QED) is 0.765. The summed E-state index contributed by atoms with van der Waals surface area (Å²) in [6.07, 6.45) is 1.82. The van der Waals surface area contributed by atoms with Crippen LogP contribution in [-0.4, -0.2) is 24.6 Å². The molecule has 0 aliphatic carbocycles. The summed E-state index contributed by atoms with van der Waals surface area (Å²) in [4.78, 5) is 4.97. The molecule has 0 aromatic heterocycles. The lowest BCUT2D eigenvalue weighted by atomic mass is 9.86. The predicted octanol–water partition coefficient (Wildman–Crippen LogP) is 4.74. The number of halogens is 1. The van der Waals surface area contributed by atoms with Crippen molar-refractivity contribution in [2.75, 3.05) is 23.8 Å². The van der Waals surface area contributed by atoms with Gasteiger partial charge in [0, 0.05) is 30.5 Å². The van der Waals surface area contributed by atoms with E-state index in [1.807, 2.05) is 6.07 Å². The van der Waals surface area contributed by atoms with Crippen LogP contribution in [0.1, 0.15) is 24.0 Å². The Morgan fingerprint density at radius 3 is 2.76 bits per heavy atom. The highest BCUT2D eigenvalue weighted by Crippen LogP contribution is 2.40. The van der Waals surface area contributed by atoms with Crippen LogP contribution < -0.4 is 10.6 Å². The molecule has 1 spiro atoms. The van der Waals surface area contributed by atoms with Gasteiger partial charge in [0.05, 0.1) is 23.5 Å². The second-order valence-electron chi connectivity index (χ2n) is 6.76. The first kappa shape index (κ1) is 16.6. The van der Waals surface area contributed by atoms with Crippen LogP contribution in [0.4, 0.5) is 11.4 Å². The fourth-order valence-corrected chi connectivity index (χ4v) is 4.02. The van der Waals surface area contributed by atoms with Gasteiger partial charge in [0.2, 0.25) is 0 Å². The van der Waals surface area contributed by atoms with E-state index in [9.17, 15) is 0 Å². The third-order valence-corrected chi connectivity index (χ3v) is 5.59. The van der Waals surface area contributed by atoms with E-state index in [1.165, 1.54) is 11.1 Å². The van der Waals surface area contributed by atoms with Crippen molar-refractivity contribution in [3.8, 4) is 0 Å². The highest BCUT2D eigenvalue weighted by Gasteiger charge is 2.41. The third kappa shape index (κ3) is 3.31. The number of benzene rings is 2. The van der Waals surface area contributed by atoms with Crippen LogP contribution in [0.25, 0.3) is 0 Å². The van der Waals surface area contributed by atoms with Gasteiger partial charge in [-0.3, -0.25) is 4.99 Å². The van der Waals surface area contributed by atoms with Crippen molar-refractivity contribution >= 4 is 33.1 Å². The first-order chi connectivity index (χ1) is 12.2. The van der Waals surface area contributed by atoms with Crippen molar-refractivity contribution in [1.82, 2.24) is 0 Å². The molecule has 1 fully saturated rings. The van der Waals surface area contributed by atoms with Crippen molar-refractivity contribution in [1.29, 1.82) is 0 Å². The SMILES string of the molecule is Cc1cccc(CN=C2Nc3cccc(Br)c3NC23CCOCC3)c1. The minimum atomic E-state index is -0.182. The van der Waals surface area contributed by atoms with Gasteiger partial charge in [-0.25, -0.2) is 0 Å². The molecule has 0 saturated carbocycles. The first-order valence-electron chi connectivity index (χ1n) is 8.68. The molecule has 0 atom stereocenters. The second-order valence-corrected chi connectivity index (χ2v) is 7.62. The van der Waals surface area contributed by atoms with Gasteiger partial charge in [-0.05, 0) is 40.5 Å². The summed E-state index contributed by atoms with van der Waals surface area (Å²) in [6, 6.07) is 14.7. The highest BCUT2D eigenvalue weighted by molar-refractivity contribution is 9.10. The van der Waals surface area contributed by atoms with Crippen molar-refractivity contribution in [2.24, 2.45) is 4.99 Å². The van der Waals surface area contributed by atoms with E-state index in [2.05, 4.69) is 69.9 Å². The zero-order chi connectivity index (χ0) is 17.3. The number of aliphatic imine (C=N–C) groups is 1. The largest absolute Gasteiger partial charge is 0.381 e. The molecule has 2 aromatic carbocycles. The van der Waals surface area contributed by atoms with Crippen molar-refractivity contribution in [2.45, 2.75) is 31.8 Å². The Morgan fingerprint density at radius 2 is 1.96 bits per heavy atom. The summed E-state index contributed by atoms with van der Waals surface area (Å²) >= 11 is 3.66.